The predicted molar refractivity (Wildman–Crippen MR) is 86.6 cm³/mol. The zero-order valence-corrected chi connectivity index (χ0v) is 14.4. The lowest BCUT2D eigenvalue weighted by Gasteiger charge is -2.24. The maximum absolute atomic E-state index is 12.2. The van der Waals surface area contributed by atoms with Crippen molar-refractivity contribution < 1.29 is 19.4 Å². The van der Waals surface area contributed by atoms with Gasteiger partial charge in [-0.25, -0.2) is 9.59 Å². The minimum atomic E-state index is -1.07. The van der Waals surface area contributed by atoms with Gasteiger partial charge in [-0.05, 0) is 54.9 Å². The largest absolute Gasteiger partial charge is 0.478 e. The Hall–Kier alpha value is -1.84. The highest BCUT2D eigenvalue weighted by molar-refractivity contribution is 6.04. The normalized spacial score (nSPS) is 11.4. The van der Waals surface area contributed by atoms with E-state index in [0.29, 0.717) is 6.42 Å². The Bertz CT molecular complexity index is 580. The molecular formula is C18H26O4. The molecule has 0 aliphatic rings. The van der Waals surface area contributed by atoms with Gasteiger partial charge in [-0.15, -0.1) is 0 Å². The lowest BCUT2D eigenvalue weighted by Crippen LogP contribution is -2.20. The molecule has 0 radical (unpaired) electrons. The minimum Gasteiger partial charge on any atom is -0.478 e. The van der Waals surface area contributed by atoms with E-state index in [1.54, 1.807) is 13.0 Å². The number of hydrogen-bond acceptors (Lipinski definition) is 3. The van der Waals surface area contributed by atoms with Crippen molar-refractivity contribution in [2.75, 3.05) is 6.61 Å². The number of carboxylic acid groups (broad SMARTS) is 1. The monoisotopic (exact) mass is 306 g/mol. The molecule has 0 spiro atoms. The lowest BCUT2D eigenvalue weighted by atomic mass is 9.80. The van der Waals surface area contributed by atoms with Gasteiger partial charge in [0.2, 0.25) is 0 Å². The third-order valence-corrected chi connectivity index (χ3v) is 3.54. The molecule has 1 rings (SSSR count). The first kappa shape index (κ1) is 18.2. The molecule has 0 aromatic heterocycles. The van der Waals surface area contributed by atoms with Gasteiger partial charge in [0.15, 0.2) is 0 Å². The fourth-order valence-corrected chi connectivity index (χ4v) is 2.76. The van der Waals surface area contributed by atoms with Crippen LogP contribution in [-0.2, 0) is 17.6 Å². The van der Waals surface area contributed by atoms with Crippen LogP contribution < -0.4 is 0 Å². The van der Waals surface area contributed by atoms with Crippen molar-refractivity contribution in [2.24, 2.45) is 5.41 Å². The van der Waals surface area contributed by atoms with Crippen molar-refractivity contribution in [3.8, 4) is 0 Å². The summed E-state index contributed by atoms with van der Waals surface area (Å²) in [6.07, 6.45) is 1.34. The Morgan fingerprint density at radius 1 is 1.18 bits per heavy atom. The molecule has 0 amide bonds. The maximum Gasteiger partial charge on any atom is 0.339 e. The highest BCUT2D eigenvalue weighted by Gasteiger charge is 2.27. The summed E-state index contributed by atoms with van der Waals surface area (Å²) in [6, 6.07) is 1.65. The SMILES string of the molecule is CCOC(=O)c1cc(C)c(CC)c(CC(C)(C)C)c1C(=O)O. The number of carboxylic acids is 1. The van der Waals surface area contributed by atoms with Crippen LogP contribution in [0.15, 0.2) is 6.07 Å². The highest BCUT2D eigenvalue weighted by atomic mass is 16.5. The van der Waals surface area contributed by atoms with Gasteiger partial charge >= 0.3 is 11.9 Å². The van der Waals surface area contributed by atoms with Crippen molar-refractivity contribution in [1.82, 2.24) is 0 Å². The van der Waals surface area contributed by atoms with Gasteiger partial charge in [0.25, 0.3) is 0 Å². The van der Waals surface area contributed by atoms with Gasteiger partial charge in [0, 0.05) is 0 Å². The minimum absolute atomic E-state index is 0.0756. The molecule has 0 aliphatic heterocycles. The fourth-order valence-electron chi connectivity index (χ4n) is 2.76. The number of rotatable bonds is 5. The van der Waals surface area contributed by atoms with Gasteiger partial charge in [0.1, 0.15) is 0 Å². The fraction of sp³-hybridized carbons (Fsp3) is 0.556. The van der Waals surface area contributed by atoms with E-state index in [1.165, 1.54) is 0 Å². The van der Waals surface area contributed by atoms with Crippen LogP contribution in [0, 0.1) is 12.3 Å². The molecule has 0 bridgehead atoms. The average Bonchev–Trinajstić information content (AvgIpc) is 2.36. The summed E-state index contributed by atoms with van der Waals surface area (Å²) in [5.41, 5.74) is 2.88. The van der Waals surface area contributed by atoms with E-state index in [2.05, 4.69) is 20.8 Å². The van der Waals surface area contributed by atoms with Crippen LogP contribution in [0.25, 0.3) is 0 Å². The molecule has 1 N–H and O–H groups in total. The molecule has 0 atom stereocenters. The number of esters is 1. The molecule has 0 heterocycles. The second kappa shape index (κ2) is 6.95. The Morgan fingerprint density at radius 3 is 2.18 bits per heavy atom. The van der Waals surface area contributed by atoms with Gasteiger partial charge in [-0.1, -0.05) is 27.7 Å². The van der Waals surface area contributed by atoms with Crippen molar-refractivity contribution in [2.45, 2.75) is 54.4 Å². The van der Waals surface area contributed by atoms with Crippen LogP contribution in [-0.4, -0.2) is 23.7 Å². The summed E-state index contributed by atoms with van der Waals surface area (Å²) in [6.45, 7) is 12.0. The van der Waals surface area contributed by atoms with Crippen LogP contribution in [0.4, 0.5) is 0 Å². The summed E-state index contributed by atoms with van der Waals surface area (Å²) in [5, 5.41) is 9.66. The van der Waals surface area contributed by atoms with E-state index in [9.17, 15) is 14.7 Å². The molecule has 0 saturated carbocycles. The van der Waals surface area contributed by atoms with Gasteiger partial charge < -0.3 is 9.84 Å². The van der Waals surface area contributed by atoms with E-state index >= 15 is 0 Å². The van der Waals surface area contributed by atoms with Crippen molar-refractivity contribution in [3.63, 3.8) is 0 Å². The molecule has 4 nitrogen and oxygen atoms in total. The summed E-state index contributed by atoms with van der Waals surface area (Å²) in [4.78, 5) is 24.0. The first-order valence-electron chi connectivity index (χ1n) is 7.68. The standard InChI is InChI=1S/C18H26O4/c1-7-12-11(3)9-13(17(21)22-8-2)15(16(19)20)14(12)10-18(4,5)6/h9H,7-8,10H2,1-6H3,(H,19,20). The Kier molecular flexibility index (Phi) is 5.75. The number of benzene rings is 1. The molecule has 122 valence electrons. The van der Waals surface area contributed by atoms with E-state index in [-0.39, 0.29) is 23.1 Å². The van der Waals surface area contributed by atoms with Crippen LogP contribution in [0.1, 0.15) is 72.0 Å². The molecule has 0 unspecified atom stereocenters. The van der Waals surface area contributed by atoms with Gasteiger partial charge in [0.05, 0.1) is 17.7 Å². The molecule has 0 fully saturated rings. The highest BCUT2D eigenvalue weighted by Crippen LogP contribution is 2.31. The first-order valence-corrected chi connectivity index (χ1v) is 7.68. The van der Waals surface area contributed by atoms with Crippen LogP contribution in [0.5, 0.6) is 0 Å². The molecule has 0 saturated heterocycles. The van der Waals surface area contributed by atoms with Crippen LogP contribution in [0.3, 0.4) is 0 Å². The summed E-state index contributed by atoms with van der Waals surface area (Å²) in [7, 11) is 0. The molecule has 1 aromatic rings. The second-order valence-corrected chi connectivity index (χ2v) is 6.69. The Morgan fingerprint density at radius 2 is 1.77 bits per heavy atom. The van der Waals surface area contributed by atoms with Crippen molar-refractivity contribution in [3.05, 3.63) is 33.9 Å². The van der Waals surface area contributed by atoms with E-state index in [0.717, 1.165) is 23.1 Å². The average molecular weight is 306 g/mol. The number of ether oxygens (including phenoxy) is 1. The Balaban J connectivity index is 3.67. The maximum atomic E-state index is 12.2. The second-order valence-electron chi connectivity index (χ2n) is 6.69. The molecule has 4 heteroatoms. The number of aromatic carboxylic acids is 1. The Labute approximate surface area is 132 Å². The lowest BCUT2D eigenvalue weighted by molar-refractivity contribution is 0.0513. The predicted octanol–water partition coefficient (Wildman–Crippen LogP) is 4.02. The summed E-state index contributed by atoms with van der Waals surface area (Å²) < 4.78 is 5.03. The van der Waals surface area contributed by atoms with Gasteiger partial charge in [-0.3, -0.25) is 0 Å². The number of aryl methyl sites for hydroxylation is 1. The topological polar surface area (TPSA) is 63.6 Å². The summed E-state index contributed by atoms with van der Waals surface area (Å²) in [5.74, 6) is -1.64. The first-order chi connectivity index (χ1) is 10.1. The third kappa shape index (κ3) is 4.09. The molecular weight excluding hydrogens is 280 g/mol. The number of hydrogen-bond donors (Lipinski definition) is 1. The van der Waals surface area contributed by atoms with E-state index in [1.807, 2.05) is 13.8 Å². The number of carbonyl (C=O) groups is 2. The van der Waals surface area contributed by atoms with E-state index < -0.39 is 11.9 Å². The third-order valence-electron chi connectivity index (χ3n) is 3.54. The van der Waals surface area contributed by atoms with Crippen LogP contribution >= 0.6 is 0 Å². The van der Waals surface area contributed by atoms with E-state index in [4.69, 9.17) is 4.74 Å². The molecule has 22 heavy (non-hydrogen) atoms. The quantitative estimate of drug-likeness (QED) is 0.834. The number of carbonyl (C=O) groups excluding carboxylic acids is 1. The molecule has 1 aromatic carbocycles. The van der Waals surface area contributed by atoms with Crippen molar-refractivity contribution >= 4 is 11.9 Å². The van der Waals surface area contributed by atoms with Gasteiger partial charge in [-0.2, -0.15) is 0 Å². The van der Waals surface area contributed by atoms with Crippen LogP contribution in [0.2, 0.25) is 0 Å². The summed E-state index contributed by atoms with van der Waals surface area (Å²) >= 11 is 0. The zero-order valence-electron chi connectivity index (χ0n) is 14.4. The van der Waals surface area contributed by atoms with Crippen molar-refractivity contribution in [1.29, 1.82) is 0 Å². The smallest absolute Gasteiger partial charge is 0.339 e. The zero-order chi connectivity index (χ0) is 17.1. The molecule has 0 aliphatic carbocycles.